The molecule has 4 aromatic rings. The van der Waals surface area contributed by atoms with Crippen molar-refractivity contribution in [1.29, 1.82) is 0 Å². The maximum atomic E-state index is 12.9. The zero-order chi connectivity index (χ0) is 16.5. The number of para-hydroxylation sites is 1. The predicted molar refractivity (Wildman–Crippen MR) is 91.8 cm³/mol. The largest absolute Gasteiger partial charge is 0.321 e. The van der Waals surface area contributed by atoms with Gasteiger partial charge in [-0.2, -0.15) is 4.52 Å². The molecule has 118 valence electrons. The van der Waals surface area contributed by atoms with Crippen molar-refractivity contribution >= 4 is 17.2 Å². The van der Waals surface area contributed by atoms with E-state index in [0.717, 1.165) is 22.5 Å². The smallest absolute Gasteiger partial charge is 0.275 e. The van der Waals surface area contributed by atoms with Crippen LogP contribution in [0.5, 0.6) is 0 Å². The first-order chi connectivity index (χ1) is 11.7. The van der Waals surface area contributed by atoms with E-state index >= 15 is 0 Å². The molecule has 1 amide bonds. The fourth-order valence-corrected chi connectivity index (χ4v) is 2.72. The number of anilines is 1. The number of amides is 1. The van der Waals surface area contributed by atoms with Crippen molar-refractivity contribution in [2.45, 2.75) is 0 Å². The topological polar surface area (TPSA) is 64.2 Å². The molecule has 0 fully saturated rings. The first-order valence-corrected chi connectivity index (χ1v) is 7.57. The third-order valence-corrected chi connectivity index (χ3v) is 3.88. The molecule has 6 nitrogen and oxygen atoms in total. The minimum Gasteiger partial charge on any atom is -0.321 e. The summed E-state index contributed by atoms with van der Waals surface area (Å²) in [6.07, 6.45) is 0. The summed E-state index contributed by atoms with van der Waals surface area (Å²) in [6, 6.07) is 21.1. The zero-order valence-corrected chi connectivity index (χ0v) is 13.0. The lowest BCUT2D eigenvalue weighted by atomic mass is 10.1. The van der Waals surface area contributed by atoms with E-state index in [9.17, 15) is 4.79 Å². The van der Waals surface area contributed by atoms with Crippen LogP contribution < -0.4 is 5.32 Å². The molecule has 0 bridgehead atoms. The van der Waals surface area contributed by atoms with Crippen LogP contribution in [0, 0.1) is 0 Å². The highest BCUT2D eigenvalue weighted by molar-refractivity contribution is 6.08. The monoisotopic (exact) mass is 317 g/mol. The number of nitrogens with one attached hydrogen (secondary N) is 1. The number of rotatable bonds is 3. The third-order valence-electron chi connectivity index (χ3n) is 3.88. The van der Waals surface area contributed by atoms with E-state index in [1.54, 1.807) is 16.2 Å². The first-order valence-electron chi connectivity index (χ1n) is 7.57. The van der Waals surface area contributed by atoms with Gasteiger partial charge in [0, 0.05) is 18.3 Å². The number of carbonyl (C=O) groups excluding carboxylic acids is 1. The molecular formula is C18H15N5O. The highest BCUT2D eigenvalue weighted by Gasteiger charge is 2.22. The van der Waals surface area contributed by atoms with Gasteiger partial charge in [-0.15, -0.1) is 0 Å². The second-order valence-electron chi connectivity index (χ2n) is 5.47. The second kappa shape index (κ2) is 5.66. The minimum atomic E-state index is -0.222. The van der Waals surface area contributed by atoms with Gasteiger partial charge in [-0.1, -0.05) is 48.5 Å². The lowest BCUT2D eigenvalue weighted by molar-refractivity contribution is 0.102. The van der Waals surface area contributed by atoms with Crippen LogP contribution in [0.25, 0.3) is 16.8 Å². The van der Waals surface area contributed by atoms with Crippen molar-refractivity contribution in [2.75, 3.05) is 5.32 Å². The number of hydrogen-bond donors (Lipinski definition) is 1. The van der Waals surface area contributed by atoms with Crippen LogP contribution >= 0.6 is 0 Å². The SMILES string of the molecule is Cn1nnn2c(C(=O)Nc3ccccc3)c(-c3ccccc3)cc12. The third kappa shape index (κ3) is 2.34. The Morgan fingerprint density at radius 3 is 2.33 bits per heavy atom. The summed E-state index contributed by atoms with van der Waals surface area (Å²) in [5.74, 6) is -0.222. The zero-order valence-electron chi connectivity index (χ0n) is 13.0. The van der Waals surface area contributed by atoms with Crippen LogP contribution in [-0.4, -0.2) is 25.5 Å². The Hall–Kier alpha value is -3.41. The fourth-order valence-electron chi connectivity index (χ4n) is 2.72. The minimum absolute atomic E-state index is 0.222. The van der Waals surface area contributed by atoms with Crippen LogP contribution in [0.4, 0.5) is 5.69 Å². The first kappa shape index (κ1) is 14.2. The molecule has 2 aromatic carbocycles. The van der Waals surface area contributed by atoms with Crippen molar-refractivity contribution in [3.05, 3.63) is 72.4 Å². The lowest BCUT2D eigenvalue weighted by Gasteiger charge is -2.07. The highest BCUT2D eigenvalue weighted by Crippen LogP contribution is 2.27. The Morgan fingerprint density at radius 2 is 1.62 bits per heavy atom. The van der Waals surface area contributed by atoms with Gasteiger partial charge in [0.05, 0.1) is 0 Å². The summed E-state index contributed by atoms with van der Waals surface area (Å²) in [6.45, 7) is 0. The summed E-state index contributed by atoms with van der Waals surface area (Å²) in [5.41, 5.74) is 3.74. The van der Waals surface area contributed by atoms with Gasteiger partial charge in [0.1, 0.15) is 5.69 Å². The van der Waals surface area contributed by atoms with Gasteiger partial charge in [-0.25, -0.2) is 4.68 Å². The molecule has 2 aromatic heterocycles. The fraction of sp³-hybridized carbons (Fsp3) is 0.0556. The van der Waals surface area contributed by atoms with E-state index in [1.165, 1.54) is 0 Å². The van der Waals surface area contributed by atoms with E-state index in [0.29, 0.717) is 5.69 Å². The molecule has 0 unspecified atom stereocenters. The van der Waals surface area contributed by atoms with E-state index in [-0.39, 0.29) is 5.91 Å². The quantitative estimate of drug-likeness (QED) is 0.632. The molecule has 1 N–H and O–H groups in total. The highest BCUT2D eigenvalue weighted by atomic mass is 16.2. The Balaban J connectivity index is 1.85. The summed E-state index contributed by atoms with van der Waals surface area (Å²) < 4.78 is 3.21. The Kier molecular flexibility index (Phi) is 3.35. The maximum absolute atomic E-state index is 12.9. The molecular weight excluding hydrogens is 302 g/mol. The number of aryl methyl sites for hydroxylation is 1. The molecule has 0 saturated carbocycles. The molecule has 0 aliphatic carbocycles. The van der Waals surface area contributed by atoms with E-state index in [4.69, 9.17) is 0 Å². The van der Waals surface area contributed by atoms with Crippen LogP contribution in [0.1, 0.15) is 10.5 Å². The number of nitrogens with zero attached hydrogens (tertiary/aromatic N) is 4. The summed E-state index contributed by atoms with van der Waals surface area (Å²) in [5, 5.41) is 11.0. The molecule has 0 aliphatic rings. The molecule has 0 saturated heterocycles. The summed E-state index contributed by atoms with van der Waals surface area (Å²) in [4.78, 5) is 12.9. The van der Waals surface area contributed by atoms with Gasteiger partial charge in [-0.05, 0) is 34.2 Å². The Morgan fingerprint density at radius 1 is 0.958 bits per heavy atom. The van der Waals surface area contributed by atoms with E-state index in [1.807, 2.05) is 66.7 Å². The maximum Gasteiger partial charge on any atom is 0.275 e. The standard InChI is InChI=1S/C18H15N5O/c1-22-16-12-15(13-8-4-2-5-9-13)17(23(16)21-20-22)18(24)19-14-10-6-3-7-11-14/h2-12H,1H3,(H,19,24). The van der Waals surface area contributed by atoms with Gasteiger partial charge in [0.2, 0.25) is 0 Å². The van der Waals surface area contributed by atoms with E-state index in [2.05, 4.69) is 15.7 Å². The molecule has 2 heterocycles. The van der Waals surface area contributed by atoms with Crippen LogP contribution in [0.15, 0.2) is 66.7 Å². The Labute approximate surface area is 138 Å². The summed E-state index contributed by atoms with van der Waals surface area (Å²) in [7, 11) is 1.80. The van der Waals surface area contributed by atoms with Crippen molar-refractivity contribution in [3.63, 3.8) is 0 Å². The number of aromatic nitrogens is 4. The molecule has 0 atom stereocenters. The molecule has 0 spiro atoms. The van der Waals surface area contributed by atoms with Crippen molar-refractivity contribution in [3.8, 4) is 11.1 Å². The number of tetrazole rings is 1. The van der Waals surface area contributed by atoms with Gasteiger partial charge in [0.25, 0.3) is 5.91 Å². The second-order valence-corrected chi connectivity index (χ2v) is 5.47. The van der Waals surface area contributed by atoms with Gasteiger partial charge in [-0.3, -0.25) is 4.79 Å². The average Bonchev–Trinajstić information content (AvgIpc) is 3.16. The number of benzene rings is 2. The van der Waals surface area contributed by atoms with Gasteiger partial charge >= 0.3 is 0 Å². The normalized spacial score (nSPS) is 10.9. The number of fused-ring (bicyclic) bond motifs is 1. The molecule has 6 heteroatoms. The molecule has 0 aliphatic heterocycles. The predicted octanol–water partition coefficient (Wildman–Crippen LogP) is 2.99. The van der Waals surface area contributed by atoms with Crippen molar-refractivity contribution < 1.29 is 4.79 Å². The van der Waals surface area contributed by atoms with E-state index < -0.39 is 0 Å². The number of carbonyl (C=O) groups is 1. The van der Waals surface area contributed by atoms with Crippen molar-refractivity contribution in [1.82, 2.24) is 19.6 Å². The van der Waals surface area contributed by atoms with Gasteiger partial charge in [0.15, 0.2) is 5.65 Å². The van der Waals surface area contributed by atoms with Gasteiger partial charge < -0.3 is 5.32 Å². The molecule has 24 heavy (non-hydrogen) atoms. The van der Waals surface area contributed by atoms with Crippen LogP contribution in [0.3, 0.4) is 0 Å². The molecule has 0 radical (unpaired) electrons. The molecule has 4 rings (SSSR count). The van der Waals surface area contributed by atoms with Crippen LogP contribution in [-0.2, 0) is 7.05 Å². The lowest BCUT2D eigenvalue weighted by Crippen LogP contribution is -2.15. The average molecular weight is 317 g/mol. The Bertz CT molecular complexity index is 1000. The van der Waals surface area contributed by atoms with Crippen molar-refractivity contribution in [2.24, 2.45) is 7.05 Å². The van der Waals surface area contributed by atoms with Crippen LogP contribution in [0.2, 0.25) is 0 Å². The number of hydrogen-bond acceptors (Lipinski definition) is 3. The summed E-state index contributed by atoms with van der Waals surface area (Å²) >= 11 is 0.